The van der Waals surface area contributed by atoms with Gasteiger partial charge in [0.15, 0.2) is 0 Å². The van der Waals surface area contributed by atoms with Crippen molar-refractivity contribution in [2.75, 3.05) is 10.5 Å². The van der Waals surface area contributed by atoms with Crippen LogP contribution in [-0.2, 0) is 10.0 Å². The maximum atomic E-state index is 13.0. The molecule has 1 atom stereocenters. The molecule has 0 saturated heterocycles. The van der Waals surface area contributed by atoms with E-state index >= 15 is 0 Å². The van der Waals surface area contributed by atoms with Crippen molar-refractivity contribution >= 4 is 37.5 Å². The van der Waals surface area contributed by atoms with Crippen LogP contribution in [0.4, 0.5) is 10.1 Å². The van der Waals surface area contributed by atoms with E-state index < -0.39 is 10.0 Å². The summed E-state index contributed by atoms with van der Waals surface area (Å²) in [7, 11) is -3.44. The van der Waals surface area contributed by atoms with Gasteiger partial charge in [0.1, 0.15) is 5.82 Å². The number of rotatable bonds is 6. The van der Waals surface area contributed by atoms with Gasteiger partial charge in [0.2, 0.25) is 10.0 Å². The standard InChI is InChI=1S/C17H18BrFN2O3S/c1-3-25(23,24)21-16-9-13(8-14(18)10-16)17(22)20-11(2)12-4-6-15(19)7-5-12/h4-11,21H,3H2,1-2H3,(H,20,22)/t11-/m1/s1. The Labute approximate surface area is 154 Å². The smallest absolute Gasteiger partial charge is 0.251 e. The summed E-state index contributed by atoms with van der Waals surface area (Å²) in [6, 6.07) is 10.2. The highest BCUT2D eigenvalue weighted by Gasteiger charge is 2.14. The molecule has 0 saturated carbocycles. The maximum absolute atomic E-state index is 13.0. The number of amides is 1. The van der Waals surface area contributed by atoms with Gasteiger partial charge in [-0.3, -0.25) is 9.52 Å². The number of hydrogen-bond donors (Lipinski definition) is 2. The lowest BCUT2D eigenvalue weighted by Crippen LogP contribution is -2.26. The molecule has 2 rings (SSSR count). The van der Waals surface area contributed by atoms with Crippen molar-refractivity contribution in [2.45, 2.75) is 19.9 Å². The number of hydrogen-bond acceptors (Lipinski definition) is 3. The molecular formula is C17H18BrFN2O3S. The molecule has 2 aromatic carbocycles. The molecule has 0 unspecified atom stereocenters. The second-order valence-corrected chi connectivity index (χ2v) is 8.41. The third-order valence-corrected chi connectivity index (χ3v) is 5.30. The normalized spacial score (nSPS) is 12.5. The van der Waals surface area contributed by atoms with E-state index in [2.05, 4.69) is 26.0 Å². The molecule has 25 heavy (non-hydrogen) atoms. The van der Waals surface area contributed by atoms with Gasteiger partial charge < -0.3 is 5.32 Å². The van der Waals surface area contributed by atoms with Gasteiger partial charge in [0, 0.05) is 10.0 Å². The number of anilines is 1. The van der Waals surface area contributed by atoms with E-state index in [4.69, 9.17) is 0 Å². The number of nitrogens with one attached hydrogen (secondary N) is 2. The van der Waals surface area contributed by atoms with Crippen molar-refractivity contribution in [1.82, 2.24) is 5.32 Å². The molecule has 134 valence electrons. The second-order valence-electron chi connectivity index (χ2n) is 5.48. The molecule has 0 fully saturated rings. The van der Waals surface area contributed by atoms with Crippen LogP contribution in [0.5, 0.6) is 0 Å². The minimum atomic E-state index is -3.44. The molecule has 0 heterocycles. The summed E-state index contributed by atoms with van der Waals surface area (Å²) in [4.78, 5) is 12.5. The van der Waals surface area contributed by atoms with Crippen molar-refractivity contribution < 1.29 is 17.6 Å². The predicted molar refractivity (Wildman–Crippen MR) is 99.5 cm³/mol. The zero-order valence-corrected chi connectivity index (χ0v) is 16.1. The first-order chi connectivity index (χ1) is 11.7. The Balaban J connectivity index is 2.18. The van der Waals surface area contributed by atoms with Crippen molar-refractivity contribution in [3.05, 3.63) is 63.9 Å². The van der Waals surface area contributed by atoms with Crippen LogP contribution in [0, 0.1) is 5.82 Å². The summed E-state index contributed by atoms with van der Waals surface area (Å²) in [5, 5.41) is 2.80. The molecule has 1 amide bonds. The lowest BCUT2D eigenvalue weighted by atomic mass is 10.1. The number of halogens is 2. The zero-order valence-electron chi connectivity index (χ0n) is 13.7. The minimum Gasteiger partial charge on any atom is -0.346 e. The molecule has 2 aromatic rings. The molecular weight excluding hydrogens is 411 g/mol. The number of carbonyl (C=O) groups excluding carboxylic acids is 1. The highest BCUT2D eigenvalue weighted by molar-refractivity contribution is 9.10. The molecule has 8 heteroatoms. The molecule has 0 radical (unpaired) electrons. The van der Waals surface area contributed by atoms with E-state index in [1.54, 1.807) is 31.2 Å². The SMILES string of the molecule is CCS(=O)(=O)Nc1cc(Br)cc(C(=O)N[C@H](C)c2ccc(F)cc2)c1. The zero-order chi connectivity index (χ0) is 18.6. The van der Waals surface area contributed by atoms with Crippen LogP contribution in [0.25, 0.3) is 0 Å². The third-order valence-electron chi connectivity index (χ3n) is 3.53. The third kappa shape index (κ3) is 5.54. The van der Waals surface area contributed by atoms with E-state index in [9.17, 15) is 17.6 Å². The molecule has 0 aliphatic rings. The van der Waals surface area contributed by atoms with E-state index in [0.717, 1.165) is 5.56 Å². The van der Waals surface area contributed by atoms with Gasteiger partial charge in [0.25, 0.3) is 5.91 Å². The largest absolute Gasteiger partial charge is 0.346 e. The fourth-order valence-electron chi connectivity index (χ4n) is 2.15. The van der Waals surface area contributed by atoms with Gasteiger partial charge in [-0.1, -0.05) is 28.1 Å². The summed E-state index contributed by atoms with van der Waals surface area (Å²) in [6.07, 6.45) is 0. The Bertz CT molecular complexity index is 870. The molecule has 0 spiro atoms. The highest BCUT2D eigenvalue weighted by atomic mass is 79.9. The Hall–Kier alpha value is -1.93. The van der Waals surface area contributed by atoms with Crippen LogP contribution in [-0.4, -0.2) is 20.1 Å². The summed E-state index contributed by atoms with van der Waals surface area (Å²) >= 11 is 3.27. The van der Waals surface area contributed by atoms with Crippen LogP contribution in [0.15, 0.2) is 46.9 Å². The molecule has 0 bridgehead atoms. The Morgan fingerprint density at radius 3 is 2.44 bits per heavy atom. The van der Waals surface area contributed by atoms with Crippen LogP contribution < -0.4 is 10.0 Å². The molecule has 2 N–H and O–H groups in total. The van der Waals surface area contributed by atoms with Crippen LogP contribution in [0.1, 0.15) is 35.8 Å². The molecule has 5 nitrogen and oxygen atoms in total. The average Bonchev–Trinajstić information content (AvgIpc) is 2.54. The van der Waals surface area contributed by atoms with Gasteiger partial charge in [-0.05, 0) is 49.7 Å². The van der Waals surface area contributed by atoms with Gasteiger partial charge >= 0.3 is 0 Å². The molecule has 0 aliphatic heterocycles. The van der Waals surface area contributed by atoms with Crippen LogP contribution in [0.2, 0.25) is 0 Å². The van der Waals surface area contributed by atoms with Gasteiger partial charge in [-0.25, -0.2) is 12.8 Å². The number of sulfonamides is 1. The molecule has 0 aliphatic carbocycles. The Morgan fingerprint density at radius 1 is 1.20 bits per heavy atom. The van der Waals surface area contributed by atoms with Crippen molar-refractivity contribution in [2.24, 2.45) is 0 Å². The number of benzene rings is 2. The first-order valence-corrected chi connectivity index (χ1v) is 10.0. The van der Waals surface area contributed by atoms with Gasteiger partial charge in [0.05, 0.1) is 17.5 Å². The average molecular weight is 429 g/mol. The van der Waals surface area contributed by atoms with Crippen LogP contribution in [0.3, 0.4) is 0 Å². The summed E-state index contributed by atoms with van der Waals surface area (Å²) in [5.41, 5.74) is 1.37. The van der Waals surface area contributed by atoms with E-state index in [-0.39, 0.29) is 23.5 Å². The predicted octanol–water partition coefficient (Wildman–Crippen LogP) is 3.84. The quantitative estimate of drug-likeness (QED) is 0.733. The first kappa shape index (κ1) is 19.4. The lowest BCUT2D eigenvalue weighted by Gasteiger charge is -2.15. The van der Waals surface area contributed by atoms with E-state index in [0.29, 0.717) is 15.7 Å². The second kappa shape index (κ2) is 7.97. The lowest BCUT2D eigenvalue weighted by molar-refractivity contribution is 0.0940. The Kier molecular flexibility index (Phi) is 6.18. The summed E-state index contributed by atoms with van der Waals surface area (Å²) < 4.78 is 39.4. The minimum absolute atomic E-state index is 0.0668. The summed E-state index contributed by atoms with van der Waals surface area (Å²) in [6.45, 7) is 3.31. The van der Waals surface area contributed by atoms with E-state index in [1.165, 1.54) is 25.1 Å². The van der Waals surface area contributed by atoms with Gasteiger partial charge in [-0.15, -0.1) is 0 Å². The molecule has 0 aromatic heterocycles. The van der Waals surface area contributed by atoms with Crippen LogP contribution >= 0.6 is 15.9 Å². The fraction of sp³-hybridized carbons (Fsp3) is 0.235. The Morgan fingerprint density at radius 2 is 1.84 bits per heavy atom. The first-order valence-electron chi connectivity index (χ1n) is 7.57. The van der Waals surface area contributed by atoms with Crippen molar-refractivity contribution in [3.8, 4) is 0 Å². The maximum Gasteiger partial charge on any atom is 0.251 e. The summed E-state index contributed by atoms with van der Waals surface area (Å²) in [5.74, 6) is -0.778. The van der Waals surface area contributed by atoms with Gasteiger partial charge in [-0.2, -0.15) is 0 Å². The van der Waals surface area contributed by atoms with E-state index in [1.807, 2.05) is 0 Å². The topological polar surface area (TPSA) is 75.3 Å². The fourth-order valence-corrected chi connectivity index (χ4v) is 3.26. The monoisotopic (exact) mass is 428 g/mol. The highest BCUT2D eigenvalue weighted by Crippen LogP contribution is 2.22. The number of carbonyl (C=O) groups is 1. The van der Waals surface area contributed by atoms with Crippen molar-refractivity contribution in [3.63, 3.8) is 0 Å². The van der Waals surface area contributed by atoms with Crippen molar-refractivity contribution in [1.29, 1.82) is 0 Å².